The standard InChI is InChI=1S/C47H60F3N13O5/c48-47(49,50)41(62-24-35(25-62)57-42-16-39(54-29-55-42)44(66)52-20-37(64)26-60-11-9-30-5-1-3-7-32(30)22-60)15-36-28-68-14-13-63(36)46-58-40(17-43(59-46)56-34-18-51-19-34)45(67)53-21-38(65)27-61-12-10-31-6-2-4-8-33(31)23-61/h1-8,16-17,29,34-38,41,51,64-65H,9-15,18-28H2,(H,52,66)(H,53,67)(H,54,55,57)(H,56,58,59)/t36?,37-,38-,41+/m0/s1. The molecule has 3 saturated heterocycles. The van der Waals surface area contributed by atoms with E-state index < -0.39 is 42.3 Å². The number of benzene rings is 2. The van der Waals surface area contributed by atoms with Crippen molar-refractivity contribution in [3.05, 3.63) is 101 Å². The van der Waals surface area contributed by atoms with Crippen LogP contribution in [0, 0.1) is 0 Å². The number of ether oxygens (including phenoxy) is 1. The molecule has 0 aliphatic carbocycles. The van der Waals surface area contributed by atoms with Crippen molar-refractivity contribution in [3.63, 3.8) is 0 Å². The first kappa shape index (κ1) is 47.5. The number of hydrogen-bond donors (Lipinski definition) is 7. The van der Waals surface area contributed by atoms with Crippen molar-refractivity contribution in [2.75, 3.05) is 101 Å². The Labute approximate surface area is 393 Å². The van der Waals surface area contributed by atoms with Crippen LogP contribution in [0.3, 0.4) is 0 Å². The van der Waals surface area contributed by atoms with Crippen LogP contribution in [-0.2, 0) is 30.7 Å². The van der Waals surface area contributed by atoms with Gasteiger partial charge in [-0.1, -0.05) is 48.5 Å². The normalized spacial score (nSPS) is 20.8. The number of amides is 2. The van der Waals surface area contributed by atoms with E-state index in [1.54, 1.807) is 4.90 Å². The lowest BCUT2D eigenvalue weighted by molar-refractivity contribution is -0.197. The Morgan fingerprint density at radius 3 is 1.96 bits per heavy atom. The topological polar surface area (TPSA) is 208 Å². The predicted molar refractivity (Wildman–Crippen MR) is 247 cm³/mol. The zero-order valence-corrected chi connectivity index (χ0v) is 37.9. The van der Waals surface area contributed by atoms with Gasteiger partial charge in [0, 0.05) is 97.2 Å². The zero-order chi connectivity index (χ0) is 47.2. The highest BCUT2D eigenvalue weighted by Gasteiger charge is 2.49. The number of carbonyl (C=O) groups excluding carboxylic acids is 2. The van der Waals surface area contributed by atoms with Crippen LogP contribution in [0.2, 0.25) is 0 Å². The Balaban J connectivity index is 0.789. The average Bonchev–Trinajstić information content (AvgIpc) is 3.31. The van der Waals surface area contributed by atoms with E-state index in [0.717, 1.165) is 32.5 Å². The molecule has 2 aromatic carbocycles. The molecule has 2 aromatic heterocycles. The summed E-state index contributed by atoms with van der Waals surface area (Å²) < 4.78 is 50.6. The fourth-order valence-electron chi connectivity index (χ4n) is 9.59. The summed E-state index contributed by atoms with van der Waals surface area (Å²) in [4.78, 5) is 51.6. The minimum atomic E-state index is -4.58. The van der Waals surface area contributed by atoms with Gasteiger partial charge in [-0.2, -0.15) is 18.2 Å². The van der Waals surface area contributed by atoms with E-state index >= 15 is 0 Å². The Morgan fingerprint density at radius 1 is 0.765 bits per heavy atom. The molecule has 1 unspecified atom stereocenters. The summed E-state index contributed by atoms with van der Waals surface area (Å²) in [7, 11) is 0. The van der Waals surface area contributed by atoms with Crippen molar-refractivity contribution in [1.82, 2.24) is 50.6 Å². The number of anilines is 3. The molecular weight excluding hydrogens is 884 g/mol. The molecule has 4 aromatic rings. The Morgan fingerprint density at radius 2 is 1.35 bits per heavy atom. The fourth-order valence-corrected chi connectivity index (χ4v) is 9.59. The second kappa shape index (κ2) is 21.4. The van der Waals surface area contributed by atoms with Gasteiger partial charge in [0.25, 0.3) is 11.8 Å². The summed E-state index contributed by atoms with van der Waals surface area (Å²) in [5.74, 6) is -0.255. The number of carbonyl (C=O) groups is 2. The van der Waals surface area contributed by atoms with Gasteiger partial charge in [-0.25, -0.2) is 15.0 Å². The molecule has 3 fully saturated rings. The number of aromatic nitrogens is 4. The van der Waals surface area contributed by atoms with Crippen LogP contribution in [0.25, 0.3) is 0 Å². The number of nitrogens with zero attached hydrogens (tertiary/aromatic N) is 8. The van der Waals surface area contributed by atoms with Crippen molar-refractivity contribution in [1.29, 1.82) is 0 Å². The molecule has 9 rings (SSSR count). The smallest absolute Gasteiger partial charge is 0.390 e. The highest BCUT2D eigenvalue weighted by Crippen LogP contribution is 2.34. The van der Waals surface area contributed by atoms with Crippen LogP contribution in [-0.4, -0.2) is 184 Å². The number of alkyl halides is 3. The number of rotatable bonds is 18. The number of likely N-dealkylation sites (tertiary alicyclic amines) is 1. The van der Waals surface area contributed by atoms with E-state index in [4.69, 9.17) is 9.72 Å². The van der Waals surface area contributed by atoms with Gasteiger partial charge in [0.2, 0.25) is 5.95 Å². The molecule has 0 bridgehead atoms. The van der Waals surface area contributed by atoms with Crippen LogP contribution >= 0.6 is 0 Å². The third-order valence-electron chi connectivity index (χ3n) is 13.4. The molecule has 364 valence electrons. The van der Waals surface area contributed by atoms with Crippen LogP contribution in [0.5, 0.6) is 0 Å². The SMILES string of the molecule is O=C(NC[C@H](O)CN1CCc2ccccc2C1)c1cc(NC2CN([C@H](CC3COCCN3c3nc(NC4CNC4)cc(C(=O)NC[C@H](O)CN4CCc5ccccc5C4)n3)C(F)(F)F)C2)ncn1. The molecule has 5 aliphatic rings. The average molecular weight is 944 g/mol. The van der Waals surface area contributed by atoms with Crippen LogP contribution in [0.4, 0.5) is 30.8 Å². The summed E-state index contributed by atoms with van der Waals surface area (Å²) >= 11 is 0. The Kier molecular flexibility index (Phi) is 14.9. The molecule has 7 heterocycles. The lowest BCUT2D eigenvalue weighted by atomic mass is 9.98. The van der Waals surface area contributed by atoms with Crippen molar-refractivity contribution < 1.29 is 37.7 Å². The molecule has 0 spiro atoms. The van der Waals surface area contributed by atoms with Gasteiger partial charge in [-0.15, -0.1) is 0 Å². The number of β-amino-alcohol motifs (C(OH)–C–C–N with tert-alkyl or cyclic N) is 2. The number of halogens is 3. The van der Waals surface area contributed by atoms with E-state index in [2.05, 4.69) is 75.6 Å². The number of nitrogens with one attached hydrogen (secondary N) is 5. The van der Waals surface area contributed by atoms with E-state index in [1.807, 2.05) is 24.3 Å². The first-order valence-electron chi connectivity index (χ1n) is 23.5. The molecule has 18 nitrogen and oxygen atoms in total. The van der Waals surface area contributed by atoms with E-state index in [1.165, 1.54) is 45.6 Å². The number of aliphatic hydroxyl groups is 2. The maximum atomic E-state index is 14.9. The van der Waals surface area contributed by atoms with Gasteiger partial charge in [-0.3, -0.25) is 24.3 Å². The first-order valence-corrected chi connectivity index (χ1v) is 23.5. The minimum Gasteiger partial charge on any atom is -0.390 e. The molecule has 2 amide bonds. The second-order valence-corrected chi connectivity index (χ2v) is 18.5. The maximum Gasteiger partial charge on any atom is 0.404 e. The van der Waals surface area contributed by atoms with Gasteiger partial charge in [0.05, 0.1) is 43.5 Å². The molecule has 5 aliphatic heterocycles. The van der Waals surface area contributed by atoms with Crippen LogP contribution in [0.15, 0.2) is 67.0 Å². The maximum absolute atomic E-state index is 14.9. The van der Waals surface area contributed by atoms with Gasteiger partial charge in [0.1, 0.15) is 35.4 Å². The highest BCUT2D eigenvalue weighted by molar-refractivity contribution is 5.93. The molecule has 4 atom stereocenters. The molecule has 7 N–H and O–H groups in total. The highest BCUT2D eigenvalue weighted by atomic mass is 19.4. The molecule has 21 heteroatoms. The summed E-state index contributed by atoms with van der Waals surface area (Å²) in [6, 6.07) is 16.5. The van der Waals surface area contributed by atoms with Crippen molar-refractivity contribution in [3.8, 4) is 0 Å². The Hall–Kier alpha value is -5.55. The third kappa shape index (κ3) is 12.0. The zero-order valence-electron chi connectivity index (χ0n) is 37.9. The summed E-state index contributed by atoms with van der Waals surface area (Å²) in [6.45, 7) is 5.75. The van der Waals surface area contributed by atoms with Gasteiger partial charge >= 0.3 is 6.18 Å². The van der Waals surface area contributed by atoms with Crippen molar-refractivity contribution in [2.45, 2.75) is 74.9 Å². The lowest BCUT2D eigenvalue weighted by Crippen LogP contribution is -2.64. The quantitative estimate of drug-likeness (QED) is 0.0750. The van der Waals surface area contributed by atoms with Gasteiger partial charge in [0.15, 0.2) is 0 Å². The summed E-state index contributed by atoms with van der Waals surface area (Å²) in [6.07, 6.45) is -3.57. The van der Waals surface area contributed by atoms with Gasteiger partial charge < -0.3 is 46.4 Å². The third-order valence-corrected chi connectivity index (χ3v) is 13.4. The minimum absolute atomic E-state index is 0.0000550. The van der Waals surface area contributed by atoms with Crippen LogP contribution < -0.4 is 31.5 Å². The number of fused-ring (bicyclic) bond motifs is 2. The molecule has 0 saturated carbocycles. The number of morpholine rings is 1. The molecule has 0 radical (unpaired) electrons. The largest absolute Gasteiger partial charge is 0.404 e. The summed E-state index contributed by atoms with van der Waals surface area (Å²) in [5, 5.41) is 36.8. The first-order chi connectivity index (χ1) is 32.9. The van der Waals surface area contributed by atoms with E-state index in [9.17, 15) is 33.0 Å². The lowest BCUT2D eigenvalue weighted by Gasteiger charge is -2.47. The summed E-state index contributed by atoms with van der Waals surface area (Å²) in [5.41, 5.74) is 5.15. The monoisotopic (exact) mass is 943 g/mol. The van der Waals surface area contributed by atoms with Crippen molar-refractivity contribution >= 4 is 29.4 Å². The van der Waals surface area contributed by atoms with Gasteiger partial charge in [-0.05, 0) is 41.5 Å². The van der Waals surface area contributed by atoms with Crippen LogP contribution in [0.1, 0.15) is 49.7 Å². The predicted octanol–water partition coefficient (Wildman–Crippen LogP) is 1.27. The number of aliphatic hydroxyl groups excluding tert-OH is 2. The molecular formula is C47H60F3N13O5. The fraction of sp³-hybridized carbons (Fsp3) is 0.532. The number of hydrogen-bond acceptors (Lipinski definition) is 16. The second-order valence-electron chi connectivity index (χ2n) is 18.5. The Bertz CT molecular complexity index is 2370. The van der Waals surface area contributed by atoms with E-state index in [0.29, 0.717) is 44.4 Å². The van der Waals surface area contributed by atoms with E-state index in [-0.39, 0.29) is 81.8 Å². The molecule has 68 heavy (non-hydrogen) atoms. The van der Waals surface area contributed by atoms with Crippen molar-refractivity contribution in [2.24, 2.45) is 0 Å².